The minimum Gasteiger partial charge on any atom is -0.386 e. The molecular formula is C13H26N2O5. The first-order chi connectivity index (χ1) is 9.00. The van der Waals surface area contributed by atoms with Crippen molar-refractivity contribution in [2.24, 2.45) is 5.92 Å². The van der Waals surface area contributed by atoms with Gasteiger partial charge in [-0.15, -0.1) is 0 Å². The van der Waals surface area contributed by atoms with Crippen LogP contribution < -0.4 is 0 Å². The third-order valence-corrected chi connectivity index (χ3v) is 4.42. The maximum Gasteiger partial charge on any atom is 0.244 e. The highest BCUT2D eigenvalue weighted by Crippen LogP contribution is 2.31. The van der Waals surface area contributed by atoms with Crippen molar-refractivity contribution in [3.05, 3.63) is 20.2 Å². The fourth-order valence-electron chi connectivity index (χ4n) is 1.97. The van der Waals surface area contributed by atoms with Crippen LogP contribution in [0.25, 0.3) is 0 Å². The van der Waals surface area contributed by atoms with E-state index < -0.39 is 32.9 Å². The Bertz CT molecular complexity index is 359. The van der Waals surface area contributed by atoms with E-state index in [1.54, 1.807) is 6.92 Å². The second kappa shape index (κ2) is 6.97. The highest BCUT2D eigenvalue weighted by atomic mass is 16.6. The van der Waals surface area contributed by atoms with E-state index in [0.29, 0.717) is 6.42 Å². The highest BCUT2D eigenvalue weighted by molar-refractivity contribution is 4.87. The van der Waals surface area contributed by atoms with Gasteiger partial charge in [0.15, 0.2) is 0 Å². The molecule has 7 heteroatoms. The molecule has 0 amide bonds. The average molecular weight is 290 g/mol. The van der Waals surface area contributed by atoms with E-state index in [0.717, 1.165) is 6.42 Å². The number of aliphatic hydroxyl groups excluding tert-OH is 1. The number of nitrogens with zero attached hydrogens (tertiary/aromatic N) is 2. The molecule has 0 bridgehead atoms. The van der Waals surface area contributed by atoms with E-state index in [2.05, 4.69) is 0 Å². The molecule has 0 aliphatic heterocycles. The number of nitro groups is 2. The second-order valence-corrected chi connectivity index (χ2v) is 6.28. The topological polar surface area (TPSA) is 107 Å². The third-order valence-electron chi connectivity index (χ3n) is 4.42. The van der Waals surface area contributed by atoms with Crippen molar-refractivity contribution in [2.45, 2.75) is 77.5 Å². The number of aliphatic hydroxyl groups is 1. The van der Waals surface area contributed by atoms with Crippen molar-refractivity contribution in [1.29, 1.82) is 0 Å². The molecule has 1 N–H and O–H groups in total. The van der Waals surface area contributed by atoms with Crippen LogP contribution in [0.4, 0.5) is 0 Å². The van der Waals surface area contributed by atoms with Crippen LogP contribution in [0.1, 0.15) is 60.3 Å². The molecule has 20 heavy (non-hydrogen) atoms. The van der Waals surface area contributed by atoms with Crippen molar-refractivity contribution in [3.8, 4) is 0 Å². The zero-order valence-corrected chi connectivity index (χ0v) is 13.0. The molecule has 0 aromatic carbocycles. The Hall–Kier alpha value is -1.24. The van der Waals surface area contributed by atoms with Crippen molar-refractivity contribution in [3.63, 3.8) is 0 Å². The summed E-state index contributed by atoms with van der Waals surface area (Å²) < 4.78 is 0. The Labute approximate surface area is 119 Å². The molecule has 3 atom stereocenters. The molecule has 7 nitrogen and oxygen atoms in total. The molecule has 0 aliphatic carbocycles. The number of unbranched alkanes of at least 4 members (excludes halogenated alkanes) is 1. The van der Waals surface area contributed by atoms with Gasteiger partial charge < -0.3 is 5.11 Å². The van der Waals surface area contributed by atoms with Gasteiger partial charge in [0.25, 0.3) is 0 Å². The zero-order chi connectivity index (χ0) is 16.1. The van der Waals surface area contributed by atoms with E-state index in [1.165, 1.54) is 20.8 Å². The zero-order valence-electron chi connectivity index (χ0n) is 13.0. The van der Waals surface area contributed by atoms with Gasteiger partial charge in [-0.2, -0.15) is 0 Å². The lowest BCUT2D eigenvalue weighted by atomic mass is 9.79. The van der Waals surface area contributed by atoms with Crippen LogP contribution in [0.2, 0.25) is 0 Å². The summed E-state index contributed by atoms with van der Waals surface area (Å²) in [6, 6.07) is 0. The first kappa shape index (κ1) is 18.8. The van der Waals surface area contributed by atoms with Crippen LogP contribution in [0.3, 0.4) is 0 Å². The van der Waals surface area contributed by atoms with Gasteiger partial charge in [-0.3, -0.25) is 20.2 Å². The molecule has 3 unspecified atom stereocenters. The van der Waals surface area contributed by atoms with Gasteiger partial charge in [-0.05, 0) is 12.8 Å². The molecule has 0 fully saturated rings. The van der Waals surface area contributed by atoms with Gasteiger partial charge in [0, 0.05) is 43.0 Å². The predicted molar refractivity (Wildman–Crippen MR) is 75.8 cm³/mol. The molecule has 0 saturated heterocycles. The predicted octanol–water partition coefficient (Wildman–Crippen LogP) is 2.65. The first-order valence-corrected chi connectivity index (χ1v) is 6.97. The molecule has 0 aromatic heterocycles. The number of rotatable bonds is 9. The summed E-state index contributed by atoms with van der Waals surface area (Å²) in [5, 5.41) is 32.5. The van der Waals surface area contributed by atoms with Gasteiger partial charge in [-0.1, -0.05) is 20.3 Å². The molecule has 0 heterocycles. The van der Waals surface area contributed by atoms with E-state index in [1.807, 2.05) is 6.92 Å². The summed E-state index contributed by atoms with van der Waals surface area (Å²) in [5.41, 5.74) is -2.67. The van der Waals surface area contributed by atoms with Crippen LogP contribution in [-0.2, 0) is 0 Å². The molecular weight excluding hydrogens is 264 g/mol. The molecule has 0 spiro atoms. The van der Waals surface area contributed by atoms with E-state index >= 15 is 0 Å². The number of hydrogen-bond donors (Lipinski definition) is 1. The quantitative estimate of drug-likeness (QED) is 0.519. The minimum absolute atomic E-state index is 0.0369. The van der Waals surface area contributed by atoms with E-state index in [4.69, 9.17) is 0 Å². The summed E-state index contributed by atoms with van der Waals surface area (Å²) in [7, 11) is 0. The van der Waals surface area contributed by atoms with Crippen LogP contribution >= 0.6 is 0 Å². The monoisotopic (exact) mass is 290 g/mol. The summed E-state index contributed by atoms with van der Waals surface area (Å²) in [5.74, 6) is -0.464. The maximum atomic E-state index is 11.2. The average Bonchev–Trinajstić information content (AvgIpc) is 2.34. The van der Waals surface area contributed by atoms with Crippen LogP contribution in [0.15, 0.2) is 0 Å². The van der Waals surface area contributed by atoms with Crippen molar-refractivity contribution >= 4 is 0 Å². The largest absolute Gasteiger partial charge is 0.386 e. The minimum atomic E-state index is -1.45. The normalized spacial score (nSPS) is 18.1. The molecule has 118 valence electrons. The lowest BCUT2D eigenvalue weighted by molar-refractivity contribution is -0.585. The summed E-state index contributed by atoms with van der Waals surface area (Å²) in [6.07, 6.45) is 0.546. The molecule has 0 saturated carbocycles. The first-order valence-electron chi connectivity index (χ1n) is 6.97. The molecule has 0 aliphatic rings. The summed E-state index contributed by atoms with van der Waals surface area (Å²) in [6.45, 7) is 7.93. The van der Waals surface area contributed by atoms with Gasteiger partial charge >= 0.3 is 0 Å². The SMILES string of the molecule is CCCCC(C)(C(O)CC(C)C(C)(C)[N+](=O)[O-])[N+](=O)[O-]. The Morgan fingerprint density at radius 2 is 1.65 bits per heavy atom. The van der Waals surface area contributed by atoms with Gasteiger partial charge in [0.1, 0.15) is 6.10 Å². The third kappa shape index (κ3) is 4.13. The summed E-state index contributed by atoms with van der Waals surface area (Å²) in [4.78, 5) is 21.4. The molecule has 0 radical (unpaired) electrons. The second-order valence-electron chi connectivity index (χ2n) is 6.28. The highest BCUT2D eigenvalue weighted by Gasteiger charge is 2.48. The van der Waals surface area contributed by atoms with E-state index in [-0.39, 0.29) is 12.8 Å². The fraction of sp³-hybridized carbons (Fsp3) is 1.00. The number of hydrogen-bond acceptors (Lipinski definition) is 5. The van der Waals surface area contributed by atoms with Gasteiger partial charge in [0.2, 0.25) is 11.1 Å². The van der Waals surface area contributed by atoms with Crippen molar-refractivity contribution in [1.82, 2.24) is 0 Å². The van der Waals surface area contributed by atoms with Gasteiger partial charge in [0.05, 0.1) is 0 Å². The van der Waals surface area contributed by atoms with Crippen LogP contribution in [0.5, 0.6) is 0 Å². The Morgan fingerprint density at radius 3 is 2.00 bits per heavy atom. The smallest absolute Gasteiger partial charge is 0.244 e. The Kier molecular flexibility index (Phi) is 6.53. The lowest BCUT2D eigenvalue weighted by Gasteiger charge is -2.31. The molecule has 0 rings (SSSR count). The van der Waals surface area contributed by atoms with E-state index in [9.17, 15) is 25.3 Å². The summed E-state index contributed by atoms with van der Waals surface area (Å²) >= 11 is 0. The lowest BCUT2D eigenvalue weighted by Crippen LogP contribution is -2.49. The maximum absolute atomic E-state index is 11.2. The Balaban J connectivity index is 4.98. The molecule has 0 aromatic rings. The van der Waals surface area contributed by atoms with Crippen LogP contribution in [0, 0.1) is 26.1 Å². The fourth-order valence-corrected chi connectivity index (χ4v) is 1.97. The van der Waals surface area contributed by atoms with Crippen molar-refractivity contribution in [2.75, 3.05) is 0 Å². The van der Waals surface area contributed by atoms with Crippen molar-refractivity contribution < 1.29 is 15.0 Å². The van der Waals surface area contributed by atoms with Crippen LogP contribution in [-0.4, -0.2) is 32.1 Å². The van der Waals surface area contributed by atoms with Gasteiger partial charge in [-0.25, -0.2) is 0 Å². The standard InChI is InChI=1S/C13H26N2O5/c1-6-7-8-13(5,15(19)20)11(16)9-10(2)12(3,4)14(17)18/h10-11,16H,6-9H2,1-5H3. The Morgan fingerprint density at radius 1 is 1.15 bits per heavy atom.